The Hall–Kier alpha value is -3.24. The van der Waals surface area contributed by atoms with E-state index in [0.717, 1.165) is 62.2 Å². The molecule has 3 amide bonds. The van der Waals surface area contributed by atoms with Crippen molar-refractivity contribution in [3.05, 3.63) is 28.6 Å². The number of nitrogens with zero attached hydrogens (tertiary/aromatic N) is 7. The van der Waals surface area contributed by atoms with E-state index in [1.165, 1.54) is 0 Å². The maximum atomic E-state index is 13.5. The Balaban J connectivity index is 1.35. The molecule has 4 heterocycles. The van der Waals surface area contributed by atoms with Crippen LogP contribution in [0, 0.1) is 0 Å². The van der Waals surface area contributed by atoms with Gasteiger partial charge in [0, 0.05) is 70.4 Å². The number of carbonyl (C=O) groups is 3. The summed E-state index contributed by atoms with van der Waals surface area (Å²) in [6, 6.07) is 0.0371. The van der Waals surface area contributed by atoms with Crippen LogP contribution in [0.15, 0.2) is 0 Å². The molecule has 11 nitrogen and oxygen atoms in total. The molecule has 1 unspecified atom stereocenters. The van der Waals surface area contributed by atoms with Crippen LogP contribution >= 0.6 is 0 Å². The number of hydrogen-bond donors (Lipinski definition) is 1. The summed E-state index contributed by atoms with van der Waals surface area (Å²) in [5, 5.41) is 16.0. The molecule has 11 heteroatoms. The van der Waals surface area contributed by atoms with Crippen molar-refractivity contribution in [1.29, 1.82) is 0 Å². The Morgan fingerprint density at radius 3 is 2.64 bits per heavy atom. The van der Waals surface area contributed by atoms with E-state index in [2.05, 4.69) is 20.6 Å². The van der Waals surface area contributed by atoms with Crippen molar-refractivity contribution in [3.8, 4) is 0 Å². The topological polar surface area (TPSA) is 118 Å². The first-order chi connectivity index (χ1) is 17.4. The quantitative estimate of drug-likeness (QED) is 0.632. The fourth-order valence-corrected chi connectivity index (χ4v) is 5.74. The summed E-state index contributed by atoms with van der Waals surface area (Å²) in [4.78, 5) is 43.2. The van der Waals surface area contributed by atoms with Crippen LogP contribution in [0.3, 0.4) is 0 Å². The summed E-state index contributed by atoms with van der Waals surface area (Å²) in [6.07, 6.45) is 7.86. The van der Waals surface area contributed by atoms with Gasteiger partial charge in [0.15, 0.2) is 5.69 Å². The van der Waals surface area contributed by atoms with Gasteiger partial charge in [-0.15, -0.1) is 10.2 Å². The lowest BCUT2D eigenvalue weighted by Crippen LogP contribution is -2.41. The van der Waals surface area contributed by atoms with Crippen LogP contribution < -0.4 is 5.32 Å². The Labute approximate surface area is 211 Å². The van der Waals surface area contributed by atoms with Crippen molar-refractivity contribution in [2.45, 2.75) is 76.8 Å². The van der Waals surface area contributed by atoms with E-state index >= 15 is 0 Å². The van der Waals surface area contributed by atoms with Crippen LogP contribution in [0.2, 0.25) is 0 Å². The molecule has 1 aliphatic carbocycles. The van der Waals surface area contributed by atoms with Gasteiger partial charge in [-0.2, -0.15) is 5.10 Å². The van der Waals surface area contributed by atoms with E-state index in [1.54, 1.807) is 9.58 Å². The van der Waals surface area contributed by atoms with Crippen molar-refractivity contribution in [2.75, 3.05) is 26.7 Å². The van der Waals surface area contributed by atoms with Gasteiger partial charge in [-0.25, -0.2) is 0 Å². The van der Waals surface area contributed by atoms with E-state index in [1.807, 2.05) is 23.6 Å². The third kappa shape index (κ3) is 4.75. The van der Waals surface area contributed by atoms with Gasteiger partial charge in [0.25, 0.3) is 11.8 Å². The van der Waals surface area contributed by atoms with E-state index < -0.39 is 0 Å². The number of rotatable bonds is 1. The van der Waals surface area contributed by atoms with Crippen molar-refractivity contribution < 1.29 is 14.4 Å². The molecule has 0 saturated carbocycles. The minimum absolute atomic E-state index is 0.0371. The second-order valence-corrected chi connectivity index (χ2v) is 10.2. The van der Waals surface area contributed by atoms with Gasteiger partial charge in [-0.3, -0.25) is 19.1 Å². The molecule has 2 aliphatic heterocycles. The average molecular weight is 497 g/mol. The number of carbonyl (C=O) groups excluding carboxylic acids is 3. The predicted molar refractivity (Wildman–Crippen MR) is 131 cm³/mol. The smallest absolute Gasteiger partial charge is 0.291 e. The van der Waals surface area contributed by atoms with E-state index in [9.17, 15) is 14.4 Å². The molecule has 1 atom stereocenters. The Bertz CT molecular complexity index is 1150. The summed E-state index contributed by atoms with van der Waals surface area (Å²) in [6.45, 7) is 2.13. The molecule has 0 spiro atoms. The normalized spacial score (nSPS) is 21.8. The van der Waals surface area contributed by atoms with Crippen LogP contribution in [0.1, 0.15) is 83.1 Å². The lowest BCUT2D eigenvalue weighted by Gasteiger charge is -2.32. The summed E-state index contributed by atoms with van der Waals surface area (Å²) in [5.74, 6) is 0.975. The molecule has 2 aromatic heterocycles. The zero-order chi connectivity index (χ0) is 25.2. The second-order valence-electron chi connectivity index (χ2n) is 10.2. The fraction of sp³-hybridized carbons (Fsp3) is 0.680. The number of fused-ring (bicyclic) bond motifs is 2. The Morgan fingerprint density at radius 1 is 0.944 bits per heavy atom. The highest BCUT2D eigenvalue weighted by Crippen LogP contribution is 2.27. The standard InChI is InChI=1S/C25H36N8O3/c1-30-17-10-11-19-18(16-17)22(29-31(19)2)24(35)26-12-7-14-32(13-6-9-21(30)34)25(36)23-28-27-20-8-4-3-5-15-33(20)23/h17H,3-16H2,1-2H3,(H,26,35). The van der Waals surface area contributed by atoms with Crippen molar-refractivity contribution in [2.24, 2.45) is 7.05 Å². The van der Waals surface area contributed by atoms with Crippen molar-refractivity contribution in [1.82, 2.24) is 39.7 Å². The van der Waals surface area contributed by atoms with Gasteiger partial charge in [0.05, 0.1) is 0 Å². The van der Waals surface area contributed by atoms with Crippen LogP contribution in [0.5, 0.6) is 0 Å². The number of hydrogen-bond acceptors (Lipinski definition) is 6. The van der Waals surface area contributed by atoms with Crippen LogP contribution in [0.4, 0.5) is 0 Å². The molecule has 1 N–H and O–H groups in total. The van der Waals surface area contributed by atoms with Crippen LogP contribution in [0.25, 0.3) is 0 Å². The molecule has 5 rings (SSSR count). The summed E-state index contributed by atoms with van der Waals surface area (Å²) >= 11 is 0. The van der Waals surface area contributed by atoms with Gasteiger partial charge < -0.3 is 19.7 Å². The molecule has 0 saturated heterocycles. The maximum Gasteiger partial charge on any atom is 0.291 e. The lowest BCUT2D eigenvalue weighted by atomic mass is 9.90. The first-order valence-corrected chi connectivity index (χ1v) is 13.2. The largest absolute Gasteiger partial charge is 0.351 e. The Kier molecular flexibility index (Phi) is 7.06. The summed E-state index contributed by atoms with van der Waals surface area (Å²) < 4.78 is 3.76. The van der Waals surface area contributed by atoms with Crippen molar-refractivity contribution >= 4 is 17.7 Å². The molecule has 194 valence electrons. The number of nitrogens with one attached hydrogen (secondary N) is 1. The minimum atomic E-state index is -0.197. The first-order valence-electron chi connectivity index (χ1n) is 13.2. The zero-order valence-electron chi connectivity index (χ0n) is 21.3. The number of aromatic nitrogens is 5. The molecule has 36 heavy (non-hydrogen) atoms. The molecule has 2 bridgehead atoms. The maximum absolute atomic E-state index is 13.5. The zero-order valence-corrected chi connectivity index (χ0v) is 21.3. The van der Waals surface area contributed by atoms with Gasteiger partial charge in [-0.1, -0.05) is 6.42 Å². The third-order valence-corrected chi connectivity index (χ3v) is 7.88. The minimum Gasteiger partial charge on any atom is -0.351 e. The molecule has 2 aromatic rings. The predicted octanol–water partition coefficient (Wildman–Crippen LogP) is 1.11. The average Bonchev–Trinajstić information content (AvgIpc) is 3.34. The van der Waals surface area contributed by atoms with E-state index in [-0.39, 0.29) is 23.8 Å². The summed E-state index contributed by atoms with van der Waals surface area (Å²) in [5.41, 5.74) is 2.47. The second kappa shape index (κ2) is 10.4. The van der Waals surface area contributed by atoms with Crippen molar-refractivity contribution in [3.63, 3.8) is 0 Å². The molecule has 3 aliphatic rings. The number of amides is 3. The van der Waals surface area contributed by atoms with Crippen LogP contribution in [-0.4, -0.2) is 84.8 Å². The Morgan fingerprint density at radius 2 is 1.78 bits per heavy atom. The molecule has 0 radical (unpaired) electrons. The highest BCUT2D eigenvalue weighted by Gasteiger charge is 2.32. The summed E-state index contributed by atoms with van der Waals surface area (Å²) in [7, 11) is 3.72. The highest BCUT2D eigenvalue weighted by molar-refractivity contribution is 5.94. The number of aryl methyl sites for hydroxylation is 2. The molecule has 0 aromatic carbocycles. The molecule has 0 fully saturated rings. The molecular weight excluding hydrogens is 460 g/mol. The van der Waals surface area contributed by atoms with E-state index in [0.29, 0.717) is 56.8 Å². The molecular formula is C25H36N8O3. The van der Waals surface area contributed by atoms with Gasteiger partial charge in [0.2, 0.25) is 11.7 Å². The first kappa shape index (κ1) is 24.5. The van der Waals surface area contributed by atoms with Gasteiger partial charge >= 0.3 is 0 Å². The monoisotopic (exact) mass is 496 g/mol. The lowest BCUT2D eigenvalue weighted by molar-refractivity contribution is -0.132. The van der Waals surface area contributed by atoms with E-state index in [4.69, 9.17) is 0 Å². The third-order valence-electron chi connectivity index (χ3n) is 7.88. The van der Waals surface area contributed by atoms with Crippen LogP contribution in [-0.2, 0) is 37.6 Å². The van der Waals surface area contributed by atoms with Gasteiger partial charge in [-0.05, 0) is 44.9 Å². The SMILES string of the molecule is CN1C(=O)CCCN(C(=O)c2nnc3n2CCCCC3)CCCNC(=O)c2nn(C)c3c2CC1CC3. The fourth-order valence-electron chi connectivity index (χ4n) is 5.74. The highest BCUT2D eigenvalue weighted by atomic mass is 16.2. The number of likely N-dealkylation sites (N-methyl/N-ethyl adjacent to an activating group) is 1. The van der Waals surface area contributed by atoms with Gasteiger partial charge in [0.1, 0.15) is 5.82 Å².